The summed E-state index contributed by atoms with van der Waals surface area (Å²) < 4.78 is 0. The van der Waals surface area contributed by atoms with Crippen molar-refractivity contribution in [3.05, 3.63) is 17.5 Å². The Morgan fingerprint density at radius 3 is 2.42 bits per heavy atom. The van der Waals surface area contributed by atoms with Gasteiger partial charge in [-0.15, -0.1) is 0 Å². The average molecular weight is 355 g/mol. The highest BCUT2D eigenvalue weighted by atomic mass is 16.2. The summed E-state index contributed by atoms with van der Waals surface area (Å²) in [5.74, 6) is 1.56. The van der Waals surface area contributed by atoms with Gasteiger partial charge in [-0.2, -0.15) is 0 Å². The fourth-order valence-electron chi connectivity index (χ4n) is 4.47. The molecule has 2 aliphatic heterocycles. The number of carbonyl (C=O) groups excluding carboxylic acids is 1. The van der Waals surface area contributed by atoms with Crippen LogP contribution in [-0.2, 0) is 17.6 Å². The molecule has 1 amide bonds. The number of fused-ring (bicyclic) bond motifs is 1. The Bertz CT molecular complexity index is 677. The van der Waals surface area contributed by atoms with Crippen LogP contribution in [0.5, 0.6) is 0 Å². The van der Waals surface area contributed by atoms with Crippen LogP contribution in [0.3, 0.4) is 0 Å². The summed E-state index contributed by atoms with van der Waals surface area (Å²) in [6, 6.07) is 0.833. The lowest BCUT2D eigenvalue weighted by Gasteiger charge is -2.43. The topological polar surface area (TPSA) is 52.6 Å². The predicted octanol–water partition coefficient (Wildman–Crippen LogP) is 1.49. The number of hydrogen-bond acceptors (Lipinski definition) is 5. The molecule has 0 unspecified atom stereocenters. The summed E-state index contributed by atoms with van der Waals surface area (Å²) in [7, 11) is 0. The molecule has 1 saturated heterocycles. The lowest BCUT2D eigenvalue weighted by molar-refractivity contribution is -0.132. The van der Waals surface area contributed by atoms with Crippen molar-refractivity contribution < 1.29 is 4.79 Å². The van der Waals surface area contributed by atoms with Gasteiger partial charge < -0.3 is 9.80 Å². The van der Waals surface area contributed by atoms with Crippen molar-refractivity contribution in [1.82, 2.24) is 19.8 Å². The number of aromatic nitrogens is 2. The number of rotatable bonds is 3. The Morgan fingerprint density at radius 1 is 0.962 bits per heavy atom. The van der Waals surface area contributed by atoms with E-state index in [1.807, 2.05) is 6.20 Å². The van der Waals surface area contributed by atoms with E-state index in [2.05, 4.69) is 19.7 Å². The maximum Gasteiger partial charge on any atom is 0.225 e. The van der Waals surface area contributed by atoms with E-state index >= 15 is 0 Å². The monoisotopic (exact) mass is 355 g/mol. The first kappa shape index (κ1) is 16.5. The number of anilines is 1. The molecule has 0 bridgehead atoms. The molecular formula is C20H29N5O. The second-order valence-corrected chi connectivity index (χ2v) is 8.35. The fourth-order valence-corrected chi connectivity index (χ4v) is 4.47. The quantitative estimate of drug-likeness (QED) is 0.822. The molecule has 0 N–H and O–H groups in total. The first-order valence-corrected chi connectivity index (χ1v) is 10.4. The largest absolute Gasteiger partial charge is 0.342 e. The Balaban J connectivity index is 1.23. The van der Waals surface area contributed by atoms with Crippen LogP contribution in [0.2, 0.25) is 0 Å². The summed E-state index contributed by atoms with van der Waals surface area (Å²) in [4.78, 5) is 29.0. The van der Waals surface area contributed by atoms with Gasteiger partial charge >= 0.3 is 0 Å². The number of piperazine rings is 1. The minimum absolute atomic E-state index is 0.310. The van der Waals surface area contributed by atoms with Gasteiger partial charge in [-0.05, 0) is 37.7 Å². The van der Waals surface area contributed by atoms with Gasteiger partial charge in [0.1, 0.15) is 0 Å². The molecular weight excluding hydrogens is 326 g/mol. The van der Waals surface area contributed by atoms with Crippen LogP contribution < -0.4 is 4.90 Å². The SMILES string of the molecule is O=C(C1CC1)N1CCc2cnc(N3CCN(C4CCC4)CC3)nc2CC1. The van der Waals surface area contributed by atoms with E-state index in [-0.39, 0.29) is 0 Å². The van der Waals surface area contributed by atoms with E-state index < -0.39 is 0 Å². The molecule has 0 radical (unpaired) electrons. The normalized spacial score (nSPS) is 24.8. The van der Waals surface area contributed by atoms with Crippen molar-refractivity contribution >= 4 is 11.9 Å². The Kier molecular flexibility index (Phi) is 4.31. The van der Waals surface area contributed by atoms with Gasteiger partial charge in [0.25, 0.3) is 0 Å². The molecule has 3 heterocycles. The summed E-state index contributed by atoms with van der Waals surface area (Å²) in [6.45, 7) is 5.96. The van der Waals surface area contributed by atoms with Crippen molar-refractivity contribution in [3.8, 4) is 0 Å². The molecule has 0 aromatic carbocycles. The maximum atomic E-state index is 12.4. The zero-order valence-corrected chi connectivity index (χ0v) is 15.6. The summed E-state index contributed by atoms with van der Waals surface area (Å²) in [5.41, 5.74) is 2.38. The summed E-state index contributed by atoms with van der Waals surface area (Å²) in [5, 5.41) is 0. The van der Waals surface area contributed by atoms with Crippen LogP contribution in [0.4, 0.5) is 5.95 Å². The van der Waals surface area contributed by atoms with Crippen LogP contribution in [-0.4, -0.2) is 71.0 Å². The first-order valence-electron chi connectivity index (χ1n) is 10.4. The molecule has 0 atom stereocenters. The number of hydrogen-bond donors (Lipinski definition) is 0. The van der Waals surface area contributed by atoms with Crippen LogP contribution in [0.1, 0.15) is 43.4 Å². The third-order valence-corrected chi connectivity index (χ3v) is 6.64. The van der Waals surface area contributed by atoms with Gasteiger partial charge in [-0.1, -0.05) is 6.42 Å². The van der Waals surface area contributed by atoms with Crippen LogP contribution >= 0.6 is 0 Å². The lowest BCUT2D eigenvalue weighted by Crippen LogP contribution is -2.52. The van der Waals surface area contributed by atoms with E-state index in [4.69, 9.17) is 4.98 Å². The van der Waals surface area contributed by atoms with Crippen molar-refractivity contribution in [2.45, 2.75) is 51.0 Å². The Hall–Kier alpha value is -1.69. The molecule has 3 fully saturated rings. The number of nitrogens with zero attached hydrogens (tertiary/aromatic N) is 5. The lowest BCUT2D eigenvalue weighted by atomic mass is 9.91. The van der Waals surface area contributed by atoms with Crippen molar-refractivity contribution in [2.24, 2.45) is 5.92 Å². The second kappa shape index (κ2) is 6.80. The maximum absolute atomic E-state index is 12.4. The fraction of sp³-hybridized carbons (Fsp3) is 0.750. The van der Waals surface area contributed by atoms with Gasteiger partial charge in [-0.3, -0.25) is 9.69 Å². The molecule has 6 heteroatoms. The molecule has 2 aliphatic carbocycles. The summed E-state index contributed by atoms with van der Waals surface area (Å²) >= 11 is 0. The minimum Gasteiger partial charge on any atom is -0.342 e. The van der Waals surface area contributed by atoms with E-state index in [9.17, 15) is 4.79 Å². The third-order valence-electron chi connectivity index (χ3n) is 6.64. The van der Waals surface area contributed by atoms with E-state index in [0.29, 0.717) is 11.8 Å². The highest BCUT2D eigenvalue weighted by molar-refractivity contribution is 5.81. The standard InChI is InChI=1S/C20H29N5O/c26-19(15-4-5-15)24-8-6-16-14-21-20(22-18(16)7-9-24)25-12-10-23(11-13-25)17-2-1-3-17/h14-15,17H,1-13H2. The van der Waals surface area contributed by atoms with E-state index in [1.54, 1.807) is 0 Å². The third kappa shape index (κ3) is 3.20. The average Bonchev–Trinajstić information content (AvgIpc) is 3.47. The molecule has 4 aliphatic rings. The van der Waals surface area contributed by atoms with E-state index in [1.165, 1.54) is 24.8 Å². The van der Waals surface area contributed by atoms with Crippen molar-refractivity contribution in [1.29, 1.82) is 0 Å². The molecule has 140 valence electrons. The van der Waals surface area contributed by atoms with Crippen LogP contribution in [0, 0.1) is 5.92 Å². The second-order valence-electron chi connectivity index (χ2n) is 8.35. The molecule has 0 spiro atoms. The smallest absolute Gasteiger partial charge is 0.225 e. The predicted molar refractivity (Wildman–Crippen MR) is 100 cm³/mol. The van der Waals surface area contributed by atoms with Crippen LogP contribution in [0.25, 0.3) is 0 Å². The Labute approximate surface area is 155 Å². The highest BCUT2D eigenvalue weighted by Crippen LogP contribution is 2.32. The minimum atomic E-state index is 0.310. The van der Waals surface area contributed by atoms with Gasteiger partial charge in [0.05, 0.1) is 5.69 Å². The van der Waals surface area contributed by atoms with Gasteiger partial charge in [0.15, 0.2) is 0 Å². The van der Waals surface area contributed by atoms with Crippen LogP contribution in [0.15, 0.2) is 6.20 Å². The van der Waals surface area contributed by atoms with Crippen molar-refractivity contribution in [2.75, 3.05) is 44.2 Å². The molecule has 1 aromatic rings. The summed E-state index contributed by atoms with van der Waals surface area (Å²) in [6.07, 6.45) is 10.1. The molecule has 26 heavy (non-hydrogen) atoms. The molecule has 5 rings (SSSR count). The van der Waals surface area contributed by atoms with E-state index in [0.717, 1.165) is 82.6 Å². The first-order chi connectivity index (χ1) is 12.8. The van der Waals surface area contributed by atoms with Gasteiger partial charge in [-0.25, -0.2) is 9.97 Å². The number of amides is 1. The molecule has 6 nitrogen and oxygen atoms in total. The highest BCUT2D eigenvalue weighted by Gasteiger charge is 2.34. The van der Waals surface area contributed by atoms with Crippen molar-refractivity contribution in [3.63, 3.8) is 0 Å². The number of carbonyl (C=O) groups is 1. The Morgan fingerprint density at radius 2 is 1.73 bits per heavy atom. The zero-order chi connectivity index (χ0) is 17.5. The zero-order valence-electron chi connectivity index (χ0n) is 15.6. The molecule has 2 saturated carbocycles. The molecule has 1 aromatic heterocycles. The van der Waals surface area contributed by atoms with Gasteiger partial charge in [0, 0.05) is 63.8 Å². The van der Waals surface area contributed by atoms with Gasteiger partial charge in [0.2, 0.25) is 11.9 Å².